The lowest BCUT2D eigenvalue weighted by Crippen LogP contribution is -2.09. The number of nitro groups is 1. The number of nitrogens with one attached hydrogen (secondary N) is 1. The molecule has 1 aromatic carbocycles. The zero-order chi connectivity index (χ0) is 17.5. The van der Waals surface area contributed by atoms with Crippen LogP contribution >= 0.6 is 22.7 Å². The van der Waals surface area contributed by atoms with Gasteiger partial charge in [-0.05, 0) is 18.2 Å². The predicted molar refractivity (Wildman–Crippen MR) is 83.5 cm³/mol. The minimum Gasteiger partial charge on any atom is -0.297 e. The van der Waals surface area contributed by atoms with Gasteiger partial charge in [0.2, 0.25) is 0 Å². The molecule has 0 saturated carbocycles. The molecular weight excluding hydrogens is 367 g/mol. The van der Waals surface area contributed by atoms with E-state index in [4.69, 9.17) is 0 Å². The van der Waals surface area contributed by atoms with E-state index in [1.54, 1.807) is 0 Å². The van der Waals surface area contributed by atoms with Crippen molar-refractivity contribution in [3.63, 3.8) is 0 Å². The van der Waals surface area contributed by atoms with Gasteiger partial charge in [0.1, 0.15) is 4.88 Å². The van der Waals surface area contributed by atoms with Crippen LogP contribution < -0.4 is 5.32 Å². The summed E-state index contributed by atoms with van der Waals surface area (Å²) in [6.07, 6.45) is -4.50. The number of halogens is 3. The van der Waals surface area contributed by atoms with Gasteiger partial charge in [0.05, 0.1) is 20.0 Å². The van der Waals surface area contributed by atoms with Gasteiger partial charge in [0, 0.05) is 12.1 Å². The maximum Gasteiger partial charge on any atom is 0.425 e. The molecule has 0 atom stereocenters. The number of carbonyl (C=O) groups excluding carboxylic acids is 1. The Labute approximate surface area is 139 Å². The first-order valence-corrected chi connectivity index (χ1v) is 7.91. The van der Waals surface area contributed by atoms with Gasteiger partial charge in [-0.1, -0.05) is 11.3 Å². The first-order chi connectivity index (χ1) is 11.2. The number of rotatable bonds is 3. The number of amides is 1. The molecule has 3 aromatic rings. The summed E-state index contributed by atoms with van der Waals surface area (Å²) in [7, 11) is 0. The lowest BCUT2D eigenvalue weighted by atomic mass is 10.3. The van der Waals surface area contributed by atoms with Crippen LogP contribution in [-0.4, -0.2) is 15.8 Å². The van der Waals surface area contributed by atoms with Crippen LogP contribution in [0.2, 0.25) is 0 Å². The van der Waals surface area contributed by atoms with Crippen LogP contribution in [0.4, 0.5) is 24.0 Å². The van der Waals surface area contributed by atoms with Crippen molar-refractivity contribution in [3.05, 3.63) is 50.2 Å². The number of nitrogens with zero attached hydrogens (tertiary/aromatic N) is 2. The fourth-order valence-corrected chi connectivity index (χ4v) is 3.51. The second-order valence-electron chi connectivity index (χ2n) is 4.54. The molecule has 0 fully saturated rings. The Bertz CT molecular complexity index is 949. The topological polar surface area (TPSA) is 85.1 Å². The Morgan fingerprint density at radius 3 is 2.58 bits per heavy atom. The molecule has 11 heteroatoms. The molecule has 124 valence electrons. The van der Waals surface area contributed by atoms with Crippen molar-refractivity contribution in [2.24, 2.45) is 0 Å². The Hall–Kier alpha value is -2.53. The van der Waals surface area contributed by atoms with Crippen molar-refractivity contribution in [1.82, 2.24) is 4.98 Å². The number of thiophene rings is 1. The summed E-state index contributed by atoms with van der Waals surface area (Å²) in [5, 5.41) is 13.3. The lowest BCUT2D eigenvalue weighted by molar-refractivity contribution is -0.384. The molecule has 0 unspecified atom stereocenters. The predicted octanol–water partition coefficient (Wildman–Crippen LogP) is 4.54. The van der Waals surface area contributed by atoms with Crippen molar-refractivity contribution in [3.8, 4) is 0 Å². The minimum atomic E-state index is -4.50. The van der Waals surface area contributed by atoms with Gasteiger partial charge in [-0.15, -0.1) is 11.3 Å². The molecular formula is C13H6F3N3O3S2. The molecule has 6 nitrogen and oxygen atoms in total. The summed E-state index contributed by atoms with van der Waals surface area (Å²) in [6, 6.07) is 5.95. The molecule has 0 bridgehead atoms. The molecule has 0 aliphatic heterocycles. The van der Waals surface area contributed by atoms with E-state index in [0.29, 0.717) is 21.6 Å². The number of hydrogen-bond acceptors (Lipinski definition) is 6. The van der Waals surface area contributed by atoms with Crippen LogP contribution in [0.15, 0.2) is 30.3 Å². The Balaban J connectivity index is 1.82. The van der Waals surface area contributed by atoms with Gasteiger partial charge in [-0.25, -0.2) is 4.98 Å². The lowest BCUT2D eigenvalue weighted by Gasteiger charge is -2.01. The monoisotopic (exact) mass is 373 g/mol. The minimum absolute atomic E-state index is 0.104. The van der Waals surface area contributed by atoms with E-state index >= 15 is 0 Å². The summed E-state index contributed by atoms with van der Waals surface area (Å²) in [6.45, 7) is 0. The number of hydrogen-bond donors (Lipinski definition) is 1. The van der Waals surface area contributed by atoms with Gasteiger partial charge in [-0.2, -0.15) is 13.2 Å². The SMILES string of the molecule is O=C(Nc1nc2ccc([N+](=O)[O-])cc2s1)c1ccc(C(F)(F)F)s1. The van der Waals surface area contributed by atoms with Crippen molar-refractivity contribution in [2.45, 2.75) is 6.18 Å². The number of non-ortho nitro benzene ring substituents is 1. The summed E-state index contributed by atoms with van der Waals surface area (Å²) in [5.41, 5.74) is 0.333. The van der Waals surface area contributed by atoms with Crippen LogP contribution in [0.1, 0.15) is 14.5 Å². The maximum absolute atomic E-state index is 12.5. The van der Waals surface area contributed by atoms with Gasteiger partial charge in [0.15, 0.2) is 5.13 Å². The fraction of sp³-hybridized carbons (Fsp3) is 0.0769. The van der Waals surface area contributed by atoms with Gasteiger partial charge < -0.3 is 0 Å². The number of carbonyl (C=O) groups is 1. The number of alkyl halides is 3. The van der Waals surface area contributed by atoms with Crippen molar-refractivity contribution in [1.29, 1.82) is 0 Å². The normalized spacial score (nSPS) is 11.6. The van der Waals surface area contributed by atoms with E-state index < -0.39 is 21.9 Å². The molecule has 2 aromatic heterocycles. The summed E-state index contributed by atoms with van der Waals surface area (Å²) in [5.74, 6) is -0.718. The van der Waals surface area contributed by atoms with E-state index in [1.165, 1.54) is 18.2 Å². The number of nitro benzene ring substituents is 1. The summed E-state index contributed by atoms with van der Waals surface area (Å²) in [4.78, 5) is 25.3. The maximum atomic E-state index is 12.5. The molecule has 1 N–H and O–H groups in total. The Morgan fingerprint density at radius 1 is 1.21 bits per heavy atom. The van der Waals surface area contributed by atoms with Gasteiger partial charge >= 0.3 is 6.18 Å². The molecule has 0 radical (unpaired) electrons. The third-order valence-electron chi connectivity index (χ3n) is 2.91. The van der Waals surface area contributed by atoms with Crippen LogP contribution in [0.25, 0.3) is 10.2 Å². The highest BCUT2D eigenvalue weighted by Gasteiger charge is 2.33. The highest BCUT2D eigenvalue weighted by atomic mass is 32.1. The second kappa shape index (κ2) is 5.83. The van der Waals surface area contributed by atoms with E-state index in [2.05, 4.69) is 10.3 Å². The third kappa shape index (κ3) is 3.21. The highest BCUT2D eigenvalue weighted by Crippen LogP contribution is 2.35. The van der Waals surface area contributed by atoms with Crippen LogP contribution in [0, 0.1) is 10.1 Å². The molecule has 24 heavy (non-hydrogen) atoms. The average Bonchev–Trinajstić information content (AvgIpc) is 3.12. The molecule has 3 rings (SSSR count). The van der Waals surface area contributed by atoms with E-state index in [-0.39, 0.29) is 15.7 Å². The second-order valence-corrected chi connectivity index (χ2v) is 6.66. The van der Waals surface area contributed by atoms with Crippen LogP contribution in [0.3, 0.4) is 0 Å². The smallest absolute Gasteiger partial charge is 0.297 e. The molecule has 0 saturated heterocycles. The zero-order valence-electron chi connectivity index (χ0n) is 11.5. The molecule has 2 heterocycles. The number of benzene rings is 1. The average molecular weight is 373 g/mol. The first kappa shape index (κ1) is 16.3. The molecule has 0 aliphatic rings. The van der Waals surface area contributed by atoms with Gasteiger partial charge in [0.25, 0.3) is 11.6 Å². The largest absolute Gasteiger partial charge is 0.425 e. The van der Waals surface area contributed by atoms with E-state index in [1.807, 2.05) is 0 Å². The highest BCUT2D eigenvalue weighted by molar-refractivity contribution is 7.22. The summed E-state index contributed by atoms with van der Waals surface area (Å²) < 4.78 is 38.1. The third-order valence-corrected chi connectivity index (χ3v) is 4.97. The van der Waals surface area contributed by atoms with Crippen LogP contribution in [0.5, 0.6) is 0 Å². The Kier molecular flexibility index (Phi) is 3.97. The van der Waals surface area contributed by atoms with Crippen LogP contribution in [-0.2, 0) is 6.18 Å². The number of fused-ring (bicyclic) bond motifs is 1. The first-order valence-electron chi connectivity index (χ1n) is 6.27. The Morgan fingerprint density at radius 2 is 1.96 bits per heavy atom. The number of thiazole rings is 1. The summed E-state index contributed by atoms with van der Waals surface area (Å²) >= 11 is 1.33. The standard InChI is InChI=1S/C13H6F3N3O3S2/c14-13(15,16)10-4-3-8(23-10)11(20)18-12-17-7-2-1-6(19(21)22)5-9(7)24-12/h1-5H,(H,17,18,20). The number of aromatic nitrogens is 1. The molecule has 0 aliphatic carbocycles. The van der Waals surface area contributed by atoms with E-state index in [0.717, 1.165) is 23.5 Å². The number of anilines is 1. The van der Waals surface area contributed by atoms with E-state index in [9.17, 15) is 28.1 Å². The van der Waals surface area contributed by atoms with Crippen molar-refractivity contribution < 1.29 is 22.9 Å². The quantitative estimate of drug-likeness (QED) is 0.540. The zero-order valence-corrected chi connectivity index (χ0v) is 13.1. The molecule has 0 spiro atoms. The van der Waals surface area contributed by atoms with Crippen molar-refractivity contribution in [2.75, 3.05) is 5.32 Å². The van der Waals surface area contributed by atoms with Crippen molar-refractivity contribution >= 4 is 49.6 Å². The van der Waals surface area contributed by atoms with Gasteiger partial charge in [-0.3, -0.25) is 20.2 Å². The molecule has 1 amide bonds. The fourth-order valence-electron chi connectivity index (χ4n) is 1.85.